The summed E-state index contributed by atoms with van der Waals surface area (Å²) in [6, 6.07) is 8.57. The van der Waals surface area contributed by atoms with Crippen LogP contribution in [-0.4, -0.2) is 53.5 Å². The van der Waals surface area contributed by atoms with Crippen molar-refractivity contribution in [1.82, 2.24) is 10.2 Å². The van der Waals surface area contributed by atoms with E-state index in [0.29, 0.717) is 24.2 Å². The van der Waals surface area contributed by atoms with Crippen LogP contribution in [0, 0.1) is 5.41 Å². The second-order valence-corrected chi connectivity index (χ2v) is 9.21. The predicted octanol–water partition coefficient (Wildman–Crippen LogP) is 2.50. The largest absolute Gasteiger partial charge is 0.367 e. The fourth-order valence-electron chi connectivity index (χ4n) is 3.68. The molecule has 0 aliphatic carbocycles. The van der Waals surface area contributed by atoms with Crippen molar-refractivity contribution in [3.05, 3.63) is 29.8 Å². The number of amides is 2. The molecule has 0 spiro atoms. The van der Waals surface area contributed by atoms with Gasteiger partial charge in [-0.25, -0.2) is 0 Å². The molecule has 1 N–H and O–H groups in total. The summed E-state index contributed by atoms with van der Waals surface area (Å²) in [5.74, 6) is 1.29. The second kappa shape index (κ2) is 7.51. The summed E-state index contributed by atoms with van der Waals surface area (Å²) in [7, 11) is 0. The Morgan fingerprint density at radius 2 is 2.00 bits per heavy atom. The van der Waals surface area contributed by atoms with E-state index in [1.165, 1.54) is 11.3 Å². The van der Waals surface area contributed by atoms with Crippen molar-refractivity contribution in [3.63, 3.8) is 0 Å². The van der Waals surface area contributed by atoms with E-state index < -0.39 is 5.41 Å². The third-order valence-corrected chi connectivity index (χ3v) is 6.10. The van der Waals surface area contributed by atoms with E-state index in [1.807, 2.05) is 20.8 Å². The zero-order chi connectivity index (χ0) is 18.9. The molecule has 0 radical (unpaired) electrons. The number of fused-ring (bicyclic) bond motifs is 1. The van der Waals surface area contributed by atoms with Crippen LogP contribution in [0.3, 0.4) is 0 Å². The van der Waals surface area contributed by atoms with Crippen molar-refractivity contribution >= 4 is 29.3 Å². The lowest BCUT2D eigenvalue weighted by molar-refractivity contribution is -0.144. The molecule has 2 atom stereocenters. The number of anilines is 1. The maximum Gasteiger partial charge on any atom is 0.243 e. The lowest BCUT2D eigenvalue weighted by atomic mass is 9.94. The highest BCUT2D eigenvalue weighted by atomic mass is 32.2. The Kier molecular flexibility index (Phi) is 5.51. The highest BCUT2D eigenvalue weighted by Gasteiger charge is 2.39. The molecule has 2 aliphatic heterocycles. The number of nitrogens with zero attached hydrogens (tertiary/aromatic N) is 2. The molecule has 0 unspecified atom stereocenters. The molecule has 142 valence electrons. The van der Waals surface area contributed by atoms with Crippen molar-refractivity contribution in [2.75, 3.05) is 29.6 Å². The fraction of sp³-hybridized carbons (Fsp3) is 0.600. The van der Waals surface area contributed by atoms with Gasteiger partial charge in [0.05, 0.1) is 5.88 Å². The fourth-order valence-corrected chi connectivity index (χ4v) is 4.83. The minimum absolute atomic E-state index is 0.0345. The first-order chi connectivity index (χ1) is 12.3. The molecule has 6 heteroatoms. The highest BCUT2D eigenvalue weighted by Crippen LogP contribution is 2.31. The van der Waals surface area contributed by atoms with Crippen LogP contribution in [0.25, 0.3) is 0 Å². The van der Waals surface area contributed by atoms with Crippen LogP contribution in [0.5, 0.6) is 0 Å². The Balaban J connectivity index is 1.55. The van der Waals surface area contributed by atoms with Gasteiger partial charge in [0.2, 0.25) is 11.8 Å². The number of nitrogens with one attached hydrogen (secondary N) is 1. The Labute approximate surface area is 160 Å². The van der Waals surface area contributed by atoms with Crippen molar-refractivity contribution < 1.29 is 9.59 Å². The van der Waals surface area contributed by atoms with E-state index in [4.69, 9.17) is 0 Å². The molecule has 0 saturated carbocycles. The van der Waals surface area contributed by atoms with Crippen LogP contribution in [-0.2, 0) is 16.0 Å². The number of para-hydroxylation sites is 1. The summed E-state index contributed by atoms with van der Waals surface area (Å²) in [5.41, 5.74) is 2.19. The highest BCUT2D eigenvalue weighted by molar-refractivity contribution is 7.99. The molecular formula is C20H29N3O2S. The molecule has 5 nitrogen and oxygen atoms in total. The lowest BCUT2D eigenvalue weighted by Gasteiger charge is -2.30. The van der Waals surface area contributed by atoms with Gasteiger partial charge in [-0.15, -0.1) is 11.8 Å². The van der Waals surface area contributed by atoms with Crippen molar-refractivity contribution in [2.24, 2.45) is 5.41 Å². The van der Waals surface area contributed by atoms with Crippen LogP contribution in [0.1, 0.15) is 33.3 Å². The van der Waals surface area contributed by atoms with Crippen LogP contribution in [0.15, 0.2) is 24.3 Å². The monoisotopic (exact) mass is 375 g/mol. The molecule has 1 fully saturated rings. The van der Waals surface area contributed by atoms with E-state index in [2.05, 4.69) is 41.4 Å². The lowest BCUT2D eigenvalue weighted by Crippen LogP contribution is -2.51. The van der Waals surface area contributed by atoms with Gasteiger partial charge in [0.1, 0.15) is 6.04 Å². The SMILES string of the molecule is C[C@@H]1Cc2ccccc2N1CCNC(=O)[C@@H]1CSCN1C(=O)C(C)(C)C. The number of rotatable bonds is 4. The first-order valence-electron chi connectivity index (χ1n) is 9.30. The Morgan fingerprint density at radius 3 is 2.73 bits per heavy atom. The Hall–Kier alpha value is -1.69. The molecule has 0 bridgehead atoms. The first-order valence-corrected chi connectivity index (χ1v) is 10.5. The quantitative estimate of drug-likeness (QED) is 0.879. The molecule has 2 amide bonds. The molecule has 0 aromatic heterocycles. The smallest absolute Gasteiger partial charge is 0.243 e. The van der Waals surface area contributed by atoms with Gasteiger partial charge in [-0.05, 0) is 25.0 Å². The maximum atomic E-state index is 12.7. The zero-order valence-electron chi connectivity index (χ0n) is 16.1. The third kappa shape index (κ3) is 3.85. The molecule has 1 aromatic carbocycles. The standard InChI is InChI=1S/C20H29N3O2S/c1-14-11-15-7-5-6-8-16(15)22(14)10-9-21-18(24)17-12-26-13-23(17)19(25)20(2,3)4/h5-8,14,17H,9-13H2,1-4H3,(H,21,24)/t14-,17+/m1/s1. The number of hydrogen-bond donors (Lipinski definition) is 1. The summed E-state index contributed by atoms with van der Waals surface area (Å²) < 4.78 is 0. The predicted molar refractivity (Wildman–Crippen MR) is 107 cm³/mol. The molecule has 2 aliphatic rings. The van der Waals surface area contributed by atoms with Crippen LogP contribution < -0.4 is 10.2 Å². The van der Waals surface area contributed by atoms with Crippen molar-refractivity contribution in [1.29, 1.82) is 0 Å². The normalized spacial score (nSPS) is 22.5. The van der Waals surface area contributed by atoms with E-state index >= 15 is 0 Å². The minimum Gasteiger partial charge on any atom is -0.367 e. The molecule has 3 rings (SSSR count). The van der Waals surface area contributed by atoms with Crippen LogP contribution in [0.4, 0.5) is 5.69 Å². The summed E-state index contributed by atoms with van der Waals surface area (Å²) >= 11 is 1.65. The second-order valence-electron chi connectivity index (χ2n) is 8.21. The third-order valence-electron chi connectivity index (χ3n) is 5.09. The van der Waals surface area contributed by atoms with E-state index in [0.717, 1.165) is 13.0 Å². The van der Waals surface area contributed by atoms with Gasteiger partial charge < -0.3 is 15.1 Å². The van der Waals surface area contributed by atoms with Gasteiger partial charge in [-0.1, -0.05) is 39.0 Å². The van der Waals surface area contributed by atoms with Gasteiger partial charge in [0.15, 0.2) is 0 Å². The van der Waals surface area contributed by atoms with E-state index in [9.17, 15) is 9.59 Å². The summed E-state index contributed by atoms with van der Waals surface area (Å²) in [5, 5.41) is 3.05. The molecule has 26 heavy (non-hydrogen) atoms. The van der Waals surface area contributed by atoms with Crippen molar-refractivity contribution in [2.45, 2.75) is 46.2 Å². The number of benzene rings is 1. The first kappa shape index (κ1) is 19.1. The van der Waals surface area contributed by atoms with Gasteiger partial charge in [0.25, 0.3) is 0 Å². The zero-order valence-corrected chi connectivity index (χ0v) is 16.9. The number of thioether (sulfide) groups is 1. The Morgan fingerprint density at radius 1 is 1.27 bits per heavy atom. The van der Waals surface area contributed by atoms with Gasteiger partial charge in [-0.2, -0.15) is 0 Å². The van der Waals surface area contributed by atoms with Crippen LogP contribution in [0.2, 0.25) is 0 Å². The van der Waals surface area contributed by atoms with E-state index in [1.54, 1.807) is 16.7 Å². The van der Waals surface area contributed by atoms with Crippen LogP contribution >= 0.6 is 11.8 Å². The Bertz CT molecular complexity index is 686. The minimum atomic E-state index is -0.460. The molecular weight excluding hydrogens is 346 g/mol. The van der Waals surface area contributed by atoms with Crippen molar-refractivity contribution in [3.8, 4) is 0 Å². The molecule has 2 heterocycles. The van der Waals surface area contributed by atoms with Gasteiger partial charge in [-0.3, -0.25) is 9.59 Å². The van der Waals surface area contributed by atoms with Gasteiger partial charge >= 0.3 is 0 Å². The molecule has 1 aromatic rings. The average Bonchev–Trinajstić information content (AvgIpc) is 3.18. The molecule has 1 saturated heterocycles. The van der Waals surface area contributed by atoms with Gasteiger partial charge in [0, 0.05) is 36.0 Å². The maximum absolute atomic E-state index is 12.7. The number of carbonyl (C=O) groups excluding carboxylic acids is 2. The average molecular weight is 376 g/mol. The van der Waals surface area contributed by atoms with E-state index in [-0.39, 0.29) is 17.9 Å². The summed E-state index contributed by atoms with van der Waals surface area (Å²) in [6.45, 7) is 9.31. The number of carbonyl (C=O) groups is 2. The summed E-state index contributed by atoms with van der Waals surface area (Å²) in [6.07, 6.45) is 1.05. The number of hydrogen-bond acceptors (Lipinski definition) is 4. The topological polar surface area (TPSA) is 52.7 Å². The summed E-state index contributed by atoms with van der Waals surface area (Å²) in [4.78, 5) is 29.3.